The van der Waals surface area contributed by atoms with Crippen LogP contribution in [0.25, 0.3) is 5.65 Å². The highest BCUT2D eigenvalue weighted by Crippen LogP contribution is 2.09. The number of H-pyrrole nitrogens is 1. The minimum absolute atomic E-state index is 0.326. The Labute approximate surface area is 91.3 Å². The van der Waals surface area contributed by atoms with E-state index in [1.54, 1.807) is 6.07 Å². The van der Waals surface area contributed by atoms with Gasteiger partial charge in [-0.15, -0.1) is 0 Å². The van der Waals surface area contributed by atoms with E-state index in [9.17, 15) is 4.79 Å². The van der Waals surface area contributed by atoms with Gasteiger partial charge in [0.1, 0.15) is 12.9 Å². The number of nitrogens with zero attached hydrogens (tertiary/aromatic N) is 3. The predicted octanol–water partition coefficient (Wildman–Crippen LogP) is -0.466. The van der Waals surface area contributed by atoms with Gasteiger partial charge in [0.2, 0.25) is 5.88 Å². The molecule has 0 amide bonds. The summed E-state index contributed by atoms with van der Waals surface area (Å²) in [7, 11) is 0. The van der Waals surface area contributed by atoms with Crippen molar-refractivity contribution in [2.75, 3.05) is 6.61 Å². The van der Waals surface area contributed by atoms with Gasteiger partial charge in [-0.25, -0.2) is 19.3 Å². The molecule has 86 valence electrons. The molecule has 0 radical (unpaired) electrons. The lowest BCUT2D eigenvalue weighted by Gasteiger charge is -2.18. The van der Waals surface area contributed by atoms with Crippen molar-refractivity contribution >= 4 is 5.65 Å². The molecular weight excluding hydrogens is 210 g/mol. The third-order valence-electron chi connectivity index (χ3n) is 1.88. The van der Waals surface area contributed by atoms with Crippen LogP contribution in [-0.2, 0) is 0 Å². The topological polar surface area (TPSA) is 98.3 Å². The van der Waals surface area contributed by atoms with Gasteiger partial charge in [-0.2, -0.15) is 5.10 Å². The van der Waals surface area contributed by atoms with E-state index in [1.807, 2.05) is 13.8 Å². The summed E-state index contributed by atoms with van der Waals surface area (Å²) in [5.41, 5.74) is 5.48. The molecule has 0 aliphatic carbocycles. The van der Waals surface area contributed by atoms with Crippen LogP contribution in [0.15, 0.2) is 17.2 Å². The zero-order valence-electron chi connectivity index (χ0n) is 9.10. The number of rotatable bonds is 3. The second-order valence-corrected chi connectivity index (χ2v) is 4.26. The standard InChI is InChI=1S/C9H13N5O2/c1-9(2,10)4-16-7-3-6-12-13-8(15)14(6)5-11-7/h3,5H,4,10H2,1-2H3,(H,13,15). The van der Waals surface area contributed by atoms with E-state index in [1.165, 1.54) is 10.7 Å². The number of aromatic nitrogens is 4. The Morgan fingerprint density at radius 3 is 3.06 bits per heavy atom. The molecule has 0 saturated carbocycles. The number of nitrogens with two attached hydrogens (primary N) is 1. The Morgan fingerprint density at radius 2 is 2.38 bits per heavy atom. The first-order chi connectivity index (χ1) is 7.46. The minimum Gasteiger partial charge on any atom is -0.476 e. The van der Waals surface area contributed by atoms with Crippen LogP contribution in [0.1, 0.15) is 13.8 Å². The van der Waals surface area contributed by atoms with Crippen molar-refractivity contribution < 1.29 is 4.74 Å². The van der Waals surface area contributed by atoms with Crippen LogP contribution in [0.4, 0.5) is 0 Å². The average Bonchev–Trinajstić information content (AvgIpc) is 2.56. The predicted molar refractivity (Wildman–Crippen MR) is 57.4 cm³/mol. The third kappa shape index (κ3) is 2.19. The van der Waals surface area contributed by atoms with Gasteiger partial charge < -0.3 is 10.5 Å². The SMILES string of the molecule is CC(C)(N)COc1cc2n[nH]c(=O)n2cn1. The van der Waals surface area contributed by atoms with Gasteiger partial charge in [0, 0.05) is 11.6 Å². The van der Waals surface area contributed by atoms with Crippen LogP contribution in [0, 0.1) is 0 Å². The molecule has 0 atom stereocenters. The van der Waals surface area contributed by atoms with Crippen molar-refractivity contribution in [3.05, 3.63) is 22.9 Å². The van der Waals surface area contributed by atoms with Gasteiger partial charge in [0.15, 0.2) is 5.65 Å². The number of fused-ring (bicyclic) bond motifs is 1. The molecular formula is C9H13N5O2. The number of hydrogen-bond donors (Lipinski definition) is 2. The second kappa shape index (κ2) is 3.60. The first-order valence-corrected chi connectivity index (χ1v) is 4.80. The summed E-state index contributed by atoms with van der Waals surface area (Å²) in [6, 6.07) is 1.57. The molecule has 0 saturated heterocycles. The molecule has 3 N–H and O–H groups in total. The maximum Gasteiger partial charge on any atom is 0.348 e. The molecule has 16 heavy (non-hydrogen) atoms. The summed E-state index contributed by atoms with van der Waals surface area (Å²) in [6.45, 7) is 4.04. The van der Waals surface area contributed by atoms with Gasteiger partial charge in [-0.3, -0.25) is 0 Å². The lowest BCUT2D eigenvalue weighted by Crippen LogP contribution is -2.38. The Kier molecular flexibility index (Phi) is 2.39. The molecule has 0 unspecified atom stereocenters. The Morgan fingerprint density at radius 1 is 1.62 bits per heavy atom. The smallest absolute Gasteiger partial charge is 0.348 e. The highest BCUT2D eigenvalue weighted by molar-refractivity contribution is 5.38. The second-order valence-electron chi connectivity index (χ2n) is 4.26. The van der Waals surface area contributed by atoms with Gasteiger partial charge >= 0.3 is 5.69 Å². The van der Waals surface area contributed by atoms with E-state index in [2.05, 4.69) is 15.2 Å². The fourth-order valence-corrected chi connectivity index (χ4v) is 1.13. The van der Waals surface area contributed by atoms with Crippen molar-refractivity contribution in [1.29, 1.82) is 0 Å². The molecule has 2 heterocycles. The van der Waals surface area contributed by atoms with Crippen LogP contribution >= 0.6 is 0 Å². The molecule has 0 fully saturated rings. The van der Waals surface area contributed by atoms with Crippen LogP contribution in [0.5, 0.6) is 5.88 Å². The molecule has 7 heteroatoms. The fourth-order valence-electron chi connectivity index (χ4n) is 1.13. The summed E-state index contributed by atoms with van der Waals surface area (Å²) in [4.78, 5) is 15.1. The maximum atomic E-state index is 11.2. The van der Waals surface area contributed by atoms with Crippen LogP contribution in [0.3, 0.4) is 0 Å². The molecule has 0 aliphatic heterocycles. The zero-order chi connectivity index (χ0) is 11.8. The first kappa shape index (κ1) is 10.6. The van der Waals surface area contributed by atoms with Crippen molar-refractivity contribution in [3.63, 3.8) is 0 Å². The van der Waals surface area contributed by atoms with E-state index in [0.717, 1.165) is 0 Å². The van der Waals surface area contributed by atoms with Crippen molar-refractivity contribution in [2.45, 2.75) is 19.4 Å². The van der Waals surface area contributed by atoms with Gasteiger partial charge in [0.05, 0.1) is 0 Å². The highest BCUT2D eigenvalue weighted by atomic mass is 16.5. The normalized spacial score (nSPS) is 11.9. The van der Waals surface area contributed by atoms with E-state index in [4.69, 9.17) is 10.5 Å². The van der Waals surface area contributed by atoms with Gasteiger partial charge in [0.25, 0.3) is 0 Å². The van der Waals surface area contributed by atoms with E-state index < -0.39 is 5.54 Å². The van der Waals surface area contributed by atoms with Crippen LogP contribution < -0.4 is 16.2 Å². The number of ether oxygens (including phenoxy) is 1. The quantitative estimate of drug-likeness (QED) is 0.733. The molecule has 0 aliphatic rings. The maximum absolute atomic E-state index is 11.2. The van der Waals surface area contributed by atoms with Crippen LogP contribution in [-0.4, -0.2) is 31.7 Å². The summed E-state index contributed by atoms with van der Waals surface area (Å²) in [5.74, 6) is 0.394. The Hall–Kier alpha value is -1.89. The average molecular weight is 223 g/mol. The summed E-state index contributed by atoms with van der Waals surface area (Å²) in [5, 5.41) is 6.11. The molecule has 2 rings (SSSR count). The molecule has 7 nitrogen and oxygen atoms in total. The fraction of sp³-hybridized carbons (Fsp3) is 0.444. The largest absolute Gasteiger partial charge is 0.476 e. The summed E-state index contributed by atoms with van der Waals surface area (Å²) < 4.78 is 6.67. The van der Waals surface area contributed by atoms with Gasteiger partial charge in [-0.1, -0.05) is 0 Å². The third-order valence-corrected chi connectivity index (χ3v) is 1.88. The highest BCUT2D eigenvalue weighted by Gasteiger charge is 2.12. The minimum atomic E-state index is -0.431. The lowest BCUT2D eigenvalue weighted by atomic mass is 10.1. The molecule has 0 bridgehead atoms. The monoisotopic (exact) mass is 223 g/mol. The zero-order valence-corrected chi connectivity index (χ0v) is 9.10. The summed E-state index contributed by atoms with van der Waals surface area (Å²) in [6.07, 6.45) is 1.36. The molecule has 0 aromatic carbocycles. The van der Waals surface area contributed by atoms with Gasteiger partial charge in [-0.05, 0) is 13.8 Å². The number of nitrogens with one attached hydrogen (secondary N) is 1. The molecule has 2 aromatic heterocycles. The van der Waals surface area contributed by atoms with E-state index in [-0.39, 0.29) is 5.69 Å². The van der Waals surface area contributed by atoms with Crippen molar-refractivity contribution in [2.24, 2.45) is 5.73 Å². The van der Waals surface area contributed by atoms with Crippen molar-refractivity contribution in [3.8, 4) is 5.88 Å². The molecule has 0 spiro atoms. The van der Waals surface area contributed by atoms with Crippen molar-refractivity contribution in [1.82, 2.24) is 19.6 Å². The molecule has 2 aromatic rings. The Balaban J connectivity index is 2.23. The van der Waals surface area contributed by atoms with Crippen LogP contribution in [0.2, 0.25) is 0 Å². The number of aromatic amines is 1. The lowest BCUT2D eigenvalue weighted by molar-refractivity contribution is 0.235. The first-order valence-electron chi connectivity index (χ1n) is 4.80. The summed E-state index contributed by atoms with van der Waals surface area (Å²) >= 11 is 0. The van der Waals surface area contributed by atoms with E-state index >= 15 is 0 Å². The number of hydrogen-bond acceptors (Lipinski definition) is 5. The van der Waals surface area contributed by atoms with E-state index in [0.29, 0.717) is 18.1 Å². The Bertz CT molecular complexity index is 551.